The van der Waals surface area contributed by atoms with Crippen LogP contribution < -0.4 is 0 Å². The summed E-state index contributed by atoms with van der Waals surface area (Å²) in [6.45, 7) is 8.28. The molecule has 0 bridgehead atoms. The molecular weight excluding hydrogens is 194 g/mol. The van der Waals surface area contributed by atoms with Gasteiger partial charge < -0.3 is 0 Å². The van der Waals surface area contributed by atoms with Crippen LogP contribution in [0.4, 0.5) is 0 Å². The Morgan fingerprint density at radius 1 is 1.25 bits per heavy atom. The van der Waals surface area contributed by atoms with E-state index in [-0.39, 0.29) is 0 Å². The fourth-order valence-electron chi connectivity index (χ4n) is 2.40. The molecular formula is C15H23N. The van der Waals surface area contributed by atoms with Crippen molar-refractivity contribution in [2.45, 2.75) is 46.1 Å². The van der Waals surface area contributed by atoms with Crippen molar-refractivity contribution in [1.29, 1.82) is 0 Å². The van der Waals surface area contributed by atoms with Crippen LogP contribution in [0.3, 0.4) is 0 Å². The van der Waals surface area contributed by atoms with Crippen LogP contribution in [0, 0.1) is 6.92 Å². The summed E-state index contributed by atoms with van der Waals surface area (Å²) < 4.78 is 0. The molecule has 1 heteroatoms. The third-order valence-corrected chi connectivity index (χ3v) is 3.63. The van der Waals surface area contributed by atoms with Crippen molar-refractivity contribution in [3.63, 3.8) is 0 Å². The molecule has 0 radical (unpaired) electrons. The van der Waals surface area contributed by atoms with Gasteiger partial charge in [0.2, 0.25) is 0 Å². The first-order valence-corrected chi connectivity index (χ1v) is 6.61. The van der Waals surface area contributed by atoms with E-state index in [9.17, 15) is 0 Å². The first-order valence-electron chi connectivity index (χ1n) is 6.61. The highest BCUT2D eigenvalue weighted by Crippen LogP contribution is 2.20. The van der Waals surface area contributed by atoms with Crippen LogP contribution in [0.5, 0.6) is 0 Å². The van der Waals surface area contributed by atoms with E-state index in [0.29, 0.717) is 0 Å². The van der Waals surface area contributed by atoms with Crippen LogP contribution in [-0.2, 0) is 13.0 Å². The average molecular weight is 217 g/mol. The smallest absolute Gasteiger partial charge is 0.0236 e. The first-order chi connectivity index (χ1) is 7.81. The molecule has 0 spiro atoms. The molecule has 1 aromatic carbocycles. The quantitative estimate of drug-likeness (QED) is 0.729. The molecule has 1 aliphatic rings. The van der Waals surface area contributed by atoms with Gasteiger partial charge >= 0.3 is 0 Å². The molecule has 0 aromatic heterocycles. The Bertz CT molecular complexity index is 339. The Morgan fingerprint density at radius 2 is 2.06 bits per heavy atom. The summed E-state index contributed by atoms with van der Waals surface area (Å²) in [5, 5.41) is 0. The number of aryl methyl sites for hydroxylation is 1. The van der Waals surface area contributed by atoms with Gasteiger partial charge in [-0.15, -0.1) is 0 Å². The third-order valence-electron chi connectivity index (χ3n) is 3.63. The van der Waals surface area contributed by atoms with Crippen molar-refractivity contribution in [3.05, 3.63) is 34.9 Å². The Morgan fingerprint density at radius 3 is 2.69 bits per heavy atom. The average Bonchev–Trinajstić information content (AvgIpc) is 2.22. The fraction of sp³-hybridized carbons (Fsp3) is 0.600. The maximum absolute atomic E-state index is 2.55. The second-order valence-electron chi connectivity index (χ2n) is 4.95. The Labute approximate surface area is 99.5 Å². The van der Waals surface area contributed by atoms with Crippen LogP contribution in [0.25, 0.3) is 0 Å². The normalized spacial score (nSPS) is 16.1. The Balaban J connectivity index is 2.10. The molecule has 1 saturated heterocycles. The summed E-state index contributed by atoms with van der Waals surface area (Å²) in [6.07, 6.45) is 5.25. The molecule has 0 atom stereocenters. The number of rotatable bonds is 5. The lowest BCUT2D eigenvalue weighted by molar-refractivity contribution is 0.172. The molecule has 1 heterocycles. The first kappa shape index (κ1) is 11.7. The Kier molecular flexibility index (Phi) is 4.00. The van der Waals surface area contributed by atoms with Crippen molar-refractivity contribution in [2.24, 2.45) is 0 Å². The van der Waals surface area contributed by atoms with E-state index >= 15 is 0 Å². The van der Waals surface area contributed by atoms with E-state index < -0.39 is 0 Å². The summed E-state index contributed by atoms with van der Waals surface area (Å²) in [7, 11) is 0. The molecule has 0 aliphatic carbocycles. The molecule has 1 nitrogen and oxygen atoms in total. The van der Waals surface area contributed by atoms with E-state index in [1.807, 2.05) is 0 Å². The van der Waals surface area contributed by atoms with Crippen LogP contribution in [-0.4, -0.2) is 18.0 Å². The van der Waals surface area contributed by atoms with Gasteiger partial charge in [-0.1, -0.05) is 31.5 Å². The Hall–Kier alpha value is -0.820. The SMILES string of the molecule is CCCCc1c(C)cccc1CN1CCC1. The van der Waals surface area contributed by atoms with Crippen molar-refractivity contribution >= 4 is 0 Å². The minimum absolute atomic E-state index is 1.17. The van der Waals surface area contributed by atoms with E-state index in [2.05, 4.69) is 36.9 Å². The maximum Gasteiger partial charge on any atom is 0.0236 e. The lowest BCUT2D eigenvalue weighted by atomic mass is 9.96. The largest absolute Gasteiger partial charge is 0.299 e. The molecule has 88 valence electrons. The summed E-state index contributed by atoms with van der Waals surface area (Å²) >= 11 is 0. The lowest BCUT2D eigenvalue weighted by Crippen LogP contribution is -2.36. The van der Waals surface area contributed by atoms with Crippen LogP contribution in [0.1, 0.15) is 42.9 Å². The minimum Gasteiger partial charge on any atom is -0.299 e. The van der Waals surface area contributed by atoms with E-state index in [1.54, 1.807) is 11.1 Å². The maximum atomic E-state index is 2.55. The van der Waals surface area contributed by atoms with Crippen LogP contribution >= 0.6 is 0 Å². The summed E-state index contributed by atoms with van der Waals surface area (Å²) in [5.74, 6) is 0. The number of benzene rings is 1. The molecule has 0 unspecified atom stereocenters. The van der Waals surface area contributed by atoms with Gasteiger partial charge in [0.15, 0.2) is 0 Å². The lowest BCUT2D eigenvalue weighted by Gasteiger charge is -2.31. The van der Waals surface area contributed by atoms with Gasteiger partial charge in [0.05, 0.1) is 0 Å². The molecule has 1 aromatic rings. The fourth-order valence-corrected chi connectivity index (χ4v) is 2.40. The second-order valence-corrected chi connectivity index (χ2v) is 4.95. The monoisotopic (exact) mass is 217 g/mol. The highest BCUT2D eigenvalue weighted by Gasteiger charge is 2.15. The highest BCUT2D eigenvalue weighted by atomic mass is 15.2. The zero-order valence-electron chi connectivity index (χ0n) is 10.6. The zero-order chi connectivity index (χ0) is 11.4. The molecule has 16 heavy (non-hydrogen) atoms. The van der Waals surface area contributed by atoms with Gasteiger partial charge in [-0.3, -0.25) is 4.90 Å². The van der Waals surface area contributed by atoms with Crippen molar-refractivity contribution in [3.8, 4) is 0 Å². The van der Waals surface area contributed by atoms with Gasteiger partial charge in [-0.25, -0.2) is 0 Å². The van der Waals surface area contributed by atoms with Crippen molar-refractivity contribution < 1.29 is 0 Å². The van der Waals surface area contributed by atoms with E-state index in [1.165, 1.54) is 50.9 Å². The summed E-state index contributed by atoms with van der Waals surface area (Å²) in [5.41, 5.74) is 4.65. The summed E-state index contributed by atoms with van der Waals surface area (Å²) in [6, 6.07) is 6.78. The van der Waals surface area contributed by atoms with E-state index in [4.69, 9.17) is 0 Å². The van der Waals surface area contributed by atoms with Gasteiger partial charge in [0, 0.05) is 6.54 Å². The van der Waals surface area contributed by atoms with E-state index in [0.717, 1.165) is 0 Å². The molecule has 0 N–H and O–H groups in total. The number of likely N-dealkylation sites (tertiary alicyclic amines) is 1. The number of unbranched alkanes of at least 4 members (excludes halogenated alkanes) is 1. The molecule has 1 aliphatic heterocycles. The number of nitrogens with zero attached hydrogens (tertiary/aromatic N) is 1. The van der Waals surface area contributed by atoms with Crippen LogP contribution in [0.2, 0.25) is 0 Å². The molecule has 2 rings (SSSR count). The van der Waals surface area contributed by atoms with Crippen molar-refractivity contribution in [1.82, 2.24) is 4.90 Å². The summed E-state index contributed by atoms with van der Waals surface area (Å²) in [4.78, 5) is 2.55. The van der Waals surface area contributed by atoms with Gasteiger partial charge in [0.25, 0.3) is 0 Å². The third kappa shape index (κ3) is 2.65. The van der Waals surface area contributed by atoms with Gasteiger partial charge in [-0.2, -0.15) is 0 Å². The van der Waals surface area contributed by atoms with Crippen molar-refractivity contribution in [2.75, 3.05) is 13.1 Å². The molecule has 0 saturated carbocycles. The highest BCUT2D eigenvalue weighted by molar-refractivity contribution is 5.34. The standard InChI is InChI=1S/C15H23N/c1-3-4-9-15-13(2)7-5-8-14(15)12-16-10-6-11-16/h5,7-8H,3-4,6,9-12H2,1-2H3. The topological polar surface area (TPSA) is 3.24 Å². The zero-order valence-corrected chi connectivity index (χ0v) is 10.6. The van der Waals surface area contributed by atoms with Crippen LogP contribution in [0.15, 0.2) is 18.2 Å². The molecule has 0 amide bonds. The number of hydrogen-bond donors (Lipinski definition) is 0. The predicted molar refractivity (Wildman–Crippen MR) is 69.7 cm³/mol. The molecule has 1 fully saturated rings. The van der Waals surface area contributed by atoms with Gasteiger partial charge in [-0.05, 0) is 56.0 Å². The minimum atomic E-state index is 1.17. The number of hydrogen-bond acceptors (Lipinski definition) is 1. The second kappa shape index (κ2) is 5.49. The van der Waals surface area contributed by atoms with Gasteiger partial charge in [0.1, 0.15) is 0 Å². The predicted octanol–water partition coefficient (Wildman–Crippen LogP) is 3.54.